The molecule has 2 N–H and O–H groups in total. The van der Waals surface area contributed by atoms with Crippen LogP contribution in [0.25, 0.3) is 0 Å². The first-order valence-electron chi connectivity index (χ1n) is 6.77. The molecule has 0 aromatic carbocycles. The summed E-state index contributed by atoms with van der Waals surface area (Å²) in [5, 5.41) is 5.90. The molecule has 104 valence electrons. The van der Waals surface area contributed by atoms with Gasteiger partial charge >= 0.3 is 0 Å². The molecule has 1 aliphatic rings. The molecule has 0 radical (unpaired) electrons. The van der Waals surface area contributed by atoms with Crippen LogP contribution in [0.2, 0.25) is 0 Å². The minimum atomic E-state index is 0.0521. The van der Waals surface area contributed by atoms with Crippen molar-refractivity contribution in [3.8, 4) is 0 Å². The molecule has 1 amide bonds. The van der Waals surface area contributed by atoms with E-state index in [2.05, 4.69) is 25.5 Å². The van der Waals surface area contributed by atoms with Crippen molar-refractivity contribution >= 4 is 17.5 Å². The molecule has 0 saturated carbocycles. The van der Waals surface area contributed by atoms with Gasteiger partial charge in [0.25, 0.3) is 0 Å². The maximum absolute atomic E-state index is 11.7. The molecule has 1 unspecified atom stereocenters. The molecule has 1 aromatic heterocycles. The summed E-state index contributed by atoms with van der Waals surface area (Å²) >= 11 is 0. The van der Waals surface area contributed by atoms with Crippen molar-refractivity contribution in [2.45, 2.75) is 19.8 Å². The number of carbonyl (C=O) groups is 1. The van der Waals surface area contributed by atoms with Gasteiger partial charge in [-0.25, -0.2) is 9.97 Å². The average Bonchev–Trinajstić information content (AvgIpc) is 2.47. The molecule has 19 heavy (non-hydrogen) atoms. The van der Waals surface area contributed by atoms with E-state index >= 15 is 0 Å². The van der Waals surface area contributed by atoms with Crippen molar-refractivity contribution in [1.29, 1.82) is 0 Å². The lowest BCUT2D eigenvalue weighted by Crippen LogP contribution is -2.42. The minimum Gasteiger partial charge on any atom is -0.370 e. The number of hydrogen-bond acceptors (Lipinski definition) is 5. The lowest BCUT2D eigenvalue weighted by Gasteiger charge is -2.32. The number of piperidine rings is 1. The Morgan fingerprint density at radius 2 is 2.37 bits per heavy atom. The number of amides is 1. The van der Waals surface area contributed by atoms with Gasteiger partial charge in [0.05, 0.1) is 5.92 Å². The monoisotopic (exact) mass is 263 g/mol. The molecular weight excluding hydrogens is 242 g/mol. The van der Waals surface area contributed by atoms with Gasteiger partial charge in [0.2, 0.25) is 5.91 Å². The number of anilines is 2. The van der Waals surface area contributed by atoms with Gasteiger partial charge in [0, 0.05) is 32.7 Å². The number of carbonyl (C=O) groups excluding carboxylic acids is 1. The van der Waals surface area contributed by atoms with Crippen molar-refractivity contribution < 1.29 is 4.79 Å². The van der Waals surface area contributed by atoms with Gasteiger partial charge < -0.3 is 15.5 Å². The first-order chi connectivity index (χ1) is 9.24. The Bertz CT molecular complexity index is 437. The number of nitrogens with zero attached hydrogens (tertiary/aromatic N) is 3. The van der Waals surface area contributed by atoms with E-state index in [0.29, 0.717) is 0 Å². The zero-order chi connectivity index (χ0) is 13.7. The van der Waals surface area contributed by atoms with Crippen molar-refractivity contribution in [3.05, 3.63) is 12.4 Å². The Hall–Kier alpha value is -1.85. The van der Waals surface area contributed by atoms with Gasteiger partial charge in [0.15, 0.2) is 0 Å². The van der Waals surface area contributed by atoms with Crippen molar-refractivity contribution in [2.75, 3.05) is 36.9 Å². The summed E-state index contributed by atoms with van der Waals surface area (Å²) in [5.41, 5.74) is 0. The Morgan fingerprint density at radius 3 is 3.11 bits per heavy atom. The average molecular weight is 263 g/mol. The Labute approximate surface area is 113 Å². The maximum Gasteiger partial charge on any atom is 0.224 e. The van der Waals surface area contributed by atoms with Crippen LogP contribution in [-0.2, 0) is 4.79 Å². The molecule has 0 spiro atoms. The van der Waals surface area contributed by atoms with Crippen LogP contribution in [0, 0.1) is 5.92 Å². The zero-order valence-electron chi connectivity index (χ0n) is 11.5. The van der Waals surface area contributed by atoms with E-state index in [4.69, 9.17) is 0 Å². The van der Waals surface area contributed by atoms with E-state index in [9.17, 15) is 4.79 Å². The smallest absolute Gasteiger partial charge is 0.224 e. The molecule has 6 heteroatoms. The largest absolute Gasteiger partial charge is 0.370 e. The topological polar surface area (TPSA) is 70.2 Å². The predicted molar refractivity (Wildman–Crippen MR) is 75.2 cm³/mol. The highest BCUT2D eigenvalue weighted by atomic mass is 16.1. The fraction of sp³-hybridized carbons (Fsp3) is 0.615. The van der Waals surface area contributed by atoms with E-state index in [1.807, 2.05) is 13.0 Å². The summed E-state index contributed by atoms with van der Waals surface area (Å²) in [6.45, 7) is 4.53. The summed E-state index contributed by atoms with van der Waals surface area (Å²) in [7, 11) is 1.69. The third-order valence-corrected chi connectivity index (χ3v) is 3.37. The number of hydrogen-bond donors (Lipinski definition) is 2. The van der Waals surface area contributed by atoms with Gasteiger partial charge in [-0.1, -0.05) is 0 Å². The second kappa shape index (κ2) is 6.36. The SMILES string of the molecule is CCNc1cc(N2CCCC(C(=O)NC)C2)ncn1. The van der Waals surface area contributed by atoms with Crippen molar-refractivity contribution in [3.63, 3.8) is 0 Å². The molecule has 0 aliphatic carbocycles. The van der Waals surface area contributed by atoms with Crippen LogP contribution >= 0.6 is 0 Å². The molecular formula is C13H21N5O. The fourth-order valence-electron chi connectivity index (χ4n) is 2.40. The second-order valence-corrected chi connectivity index (χ2v) is 4.69. The highest BCUT2D eigenvalue weighted by Gasteiger charge is 2.25. The van der Waals surface area contributed by atoms with E-state index in [0.717, 1.165) is 44.1 Å². The maximum atomic E-state index is 11.7. The van der Waals surface area contributed by atoms with Crippen LogP contribution in [-0.4, -0.2) is 42.6 Å². The van der Waals surface area contributed by atoms with Crippen LogP contribution in [0.1, 0.15) is 19.8 Å². The lowest BCUT2D eigenvalue weighted by atomic mass is 9.97. The normalized spacial score (nSPS) is 19.1. The number of nitrogens with one attached hydrogen (secondary N) is 2. The fourth-order valence-corrected chi connectivity index (χ4v) is 2.40. The standard InChI is InChI=1S/C13H21N5O/c1-3-15-11-7-12(17-9-16-11)18-6-4-5-10(8-18)13(19)14-2/h7,9-10H,3-6,8H2,1-2H3,(H,14,19)(H,15,16,17). The molecule has 0 bridgehead atoms. The van der Waals surface area contributed by atoms with Gasteiger partial charge in [-0.3, -0.25) is 4.79 Å². The van der Waals surface area contributed by atoms with Crippen LogP contribution in [0.3, 0.4) is 0 Å². The third-order valence-electron chi connectivity index (χ3n) is 3.37. The van der Waals surface area contributed by atoms with Crippen LogP contribution < -0.4 is 15.5 Å². The third kappa shape index (κ3) is 3.33. The van der Waals surface area contributed by atoms with E-state index in [1.165, 1.54) is 0 Å². The van der Waals surface area contributed by atoms with Crippen LogP contribution in [0.5, 0.6) is 0 Å². The lowest BCUT2D eigenvalue weighted by molar-refractivity contribution is -0.124. The van der Waals surface area contributed by atoms with Gasteiger partial charge in [-0.05, 0) is 19.8 Å². The molecule has 1 aliphatic heterocycles. The molecule has 2 rings (SSSR count). The molecule has 6 nitrogen and oxygen atoms in total. The highest BCUT2D eigenvalue weighted by Crippen LogP contribution is 2.22. The quantitative estimate of drug-likeness (QED) is 0.843. The zero-order valence-corrected chi connectivity index (χ0v) is 11.5. The van der Waals surface area contributed by atoms with Crippen LogP contribution in [0.15, 0.2) is 12.4 Å². The molecule has 1 atom stereocenters. The molecule has 1 aromatic rings. The Morgan fingerprint density at radius 1 is 1.53 bits per heavy atom. The Balaban J connectivity index is 2.08. The Kier molecular flexibility index (Phi) is 4.54. The van der Waals surface area contributed by atoms with E-state index in [1.54, 1.807) is 13.4 Å². The number of aromatic nitrogens is 2. The van der Waals surface area contributed by atoms with Crippen molar-refractivity contribution in [1.82, 2.24) is 15.3 Å². The summed E-state index contributed by atoms with van der Waals surface area (Å²) in [6.07, 6.45) is 3.52. The summed E-state index contributed by atoms with van der Waals surface area (Å²) in [6, 6.07) is 1.94. The number of rotatable bonds is 4. The highest BCUT2D eigenvalue weighted by molar-refractivity contribution is 5.79. The van der Waals surface area contributed by atoms with Crippen LogP contribution in [0.4, 0.5) is 11.6 Å². The van der Waals surface area contributed by atoms with Gasteiger partial charge in [0.1, 0.15) is 18.0 Å². The molecule has 2 heterocycles. The molecule has 1 fully saturated rings. The summed E-state index contributed by atoms with van der Waals surface area (Å²) in [5.74, 6) is 1.89. The predicted octanol–water partition coefficient (Wildman–Crippen LogP) is 0.871. The van der Waals surface area contributed by atoms with Gasteiger partial charge in [-0.15, -0.1) is 0 Å². The van der Waals surface area contributed by atoms with Crippen molar-refractivity contribution in [2.24, 2.45) is 5.92 Å². The molecule has 1 saturated heterocycles. The van der Waals surface area contributed by atoms with E-state index in [-0.39, 0.29) is 11.8 Å². The first kappa shape index (κ1) is 13.6. The van der Waals surface area contributed by atoms with Gasteiger partial charge in [-0.2, -0.15) is 0 Å². The summed E-state index contributed by atoms with van der Waals surface area (Å²) in [4.78, 5) is 22.4. The summed E-state index contributed by atoms with van der Waals surface area (Å²) < 4.78 is 0. The first-order valence-corrected chi connectivity index (χ1v) is 6.77. The second-order valence-electron chi connectivity index (χ2n) is 4.69. The van der Waals surface area contributed by atoms with E-state index < -0.39 is 0 Å². The minimum absolute atomic E-state index is 0.0521.